The van der Waals surface area contributed by atoms with Crippen molar-refractivity contribution in [2.75, 3.05) is 37.7 Å². The van der Waals surface area contributed by atoms with E-state index < -0.39 is 0 Å². The molecule has 0 unspecified atom stereocenters. The first-order valence-electron chi connectivity index (χ1n) is 9.54. The average molecular weight is 419 g/mol. The molecular formula is C24H25N3O4. The Morgan fingerprint density at radius 1 is 0.871 bits per heavy atom. The van der Waals surface area contributed by atoms with Crippen LogP contribution in [0.5, 0.6) is 17.2 Å². The summed E-state index contributed by atoms with van der Waals surface area (Å²) in [6.45, 7) is 0. The molecule has 0 bridgehead atoms. The van der Waals surface area contributed by atoms with Crippen LogP contribution in [0.3, 0.4) is 0 Å². The van der Waals surface area contributed by atoms with Crippen LogP contribution in [0.2, 0.25) is 0 Å². The molecule has 4 N–H and O–H groups in total. The molecule has 0 aliphatic heterocycles. The minimum absolute atomic E-state index is 0.252. The van der Waals surface area contributed by atoms with Crippen LogP contribution in [0.4, 0.5) is 22.7 Å². The molecule has 1 amide bonds. The molecule has 0 heterocycles. The summed E-state index contributed by atoms with van der Waals surface area (Å²) in [5.74, 6) is 1.41. The van der Waals surface area contributed by atoms with Gasteiger partial charge < -0.3 is 30.6 Å². The zero-order valence-electron chi connectivity index (χ0n) is 17.6. The molecule has 3 aromatic carbocycles. The lowest BCUT2D eigenvalue weighted by atomic mass is 10.1. The van der Waals surface area contributed by atoms with Crippen molar-refractivity contribution in [1.29, 1.82) is 0 Å². The van der Waals surface area contributed by atoms with Gasteiger partial charge in [0.05, 0.1) is 32.7 Å². The maximum atomic E-state index is 12.1. The van der Waals surface area contributed by atoms with Crippen molar-refractivity contribution in [2.45, 2.75) is 0 Å². The number of nitrogens with one attached hydrogen (secondary N) is 2. The largest absolute Gasteiger partial charge is 0.493 e. The molecule has 3 aromatic rings. The molecule has 0 radical (unpaired) electrons. The minimum atomic E-state index is -0.252. The van der Waals surface area contributed by atoms with Gasteiger partial charge in [0.1, 0.15) is 0 Å². The van der Waals surface area contributed by atoms with Crippen LogP contribution in [-0.4, -0.2) is 27.2 Å². The number of para-hydroxylation sites is 2. The number of rotatable bonds is 8. The summed E-state index contributed by atoms with van der Waals surface area (Å²) in [4.78, 5) is 12.1. The SMILES string of the molecule is COc1cc(Nc2ccc(/C=C/C(=O)Nc3ccccc3N)cc2)cc(OC)c1OC. The molecule has 0 aliphatic carbocycles. The van der Waals surface area contributed by atoms with Crippen molar-refractivity contribution in [3.05, 3.63) is 72.3 Å². The number of benzene rings is 3. The Hall–Kier alpha value is -4.13. The molecule has 0 fully saturated rings. The topological polar surface area (TPSA) is 94.8 Å². The van der Waals surface area contributed by atoms with Crippen molar-refractivity contribution < 1.29 is 19.0 Å². The van der Waals surface area contributed by atoms with Gasteiger partial charge in [-0.1, -0.05) is 24.3 Å². The van der Waals surface area contributed by atoms with Gasteiger partial charge in [0.15, 0.2) is 11.5 Å². The molecule has 0 atom stereocenters. The fourth-order valence-corrected chi connectivity index (χ4v) is 2.95. The van der Waals surface area contributed by atoms with Gasteiger partial charge in [0.25, 0.3) is 0 Å². The zero-order valence-corrected chi connectivity index (χ0v) is 17.6. The molecule has 0 saturated carbocycles. The lowest BCUT2D eigenvalue weighted by Gasteiger charge is -2.15. The van der Waals surface area contributed by atoms with Crippen LogP contribution < -0.4 is 30.6 Å². The normalized spacial score (nSPS) is 10.5. The van der Waals surface area contributed by atoms with Crippen LogP contribution in [0.1, 0.15) is 5.56 Å². The Labute approximate surface area is 181 Å². The highest BCUT2D eigenvalue weighted by Crippen LogP contribution is 2.40. The number of nitrogen functional groups attached to an aromatic ring is 1. The fraction of sp³-hybridized carbons (Fsp3) is 0.125. The van der Waals surface area contributed by atoms with Gasteiger partial charge in [-0.25, -0.2) is 0 Å². The molecule has 0 saturated heterocycles. The standard InChI is InChI=1S/C24H25N3O4/c1-29-21-14-18(15-22(30-2)24(21)31-3)26-17-11-8-16(9-12-17)10-13-23(28)27-20-7-5-4-6-19(20)25/h4-15,26H,25H2,1-3H3,(H,27,28)/b13-10+. The summed E-state index contributed by atoms with van der Waals surface area (Å²) >= 11 is 0. The van der Waals surface area contributed by atoms with Gasteiger partial charge >= 0.3 is 0 Å². The van der Waals surface area contributed by atoms with Crippen molar-refractivity contribution in [3.63, 3.8) is 0 Å². The lowest BCUT2D eigenvalue weighted by molar-refractivity contribution is -0.111. The third kappa shape index (κ3) is 5.48. The van der Waals surface area contributed by atoms with Crippen LogP contribution in [0.25, 0.3) is 6.08 Å². The number of carbonyl (C=O) groups excluding carboxylic acids is 1. The molecule has 3 rings (SSSR count). The minimum Gasteiger partial charge on any atom is -0.493 e. The number of hydrogen-bond acceptors (Lipinski definition) is 6. The zero-order chi connectivity index (χ0) is 22.2. The number of amides is 1. The number of ether oxygens (including phenoxy) is 3. The molecule has 160 valence electrons. The second-order valence-electron chi connectivity index (χ2n) is 6.57. The van der Waals surface area contributed by atoms with Crippen molar-refractivity contribution in [1.82, 2.24) is 0 Å². The molecular weight excluding hydrogens is 394 g/mol. The van der Waals surface area contributed by atoms with Gasteiger partial charge in [0, 0.05) is 29.6 Å². The second kappa shape index (κ2) is 10.1. The molecule has 0 aromatic heterocycles. The highest BCUT2D eigenvalue weighted by Gasteiger charge is 2.13. The third-order valence-electron chi connectivity index (χ3n) is 4.51. The third-order valence-corrected chi connectivity index (χ3v) is 4.51. The Kier molecular flexibility index (Phi) is 7.01. The number of hydrogen-bond donors (Lipinski definition) is 3. The van der Waals surface area contributed by atoms with E-state index in [-0.39, 0.29) is 5.91 Å². The number of anilines is 4. The van der Waals surface area contributed by atoms with Crippen LogP contribution in [-0.2, 0) is 4.79 Å². The van der Waals surface area contributed by atoms with E-state index in [1.807, 2.05) is 48.5 Å². The number of nitrogens with two attached hydrogens (primary N) is 1. The van der Waals surface area contributed by atoms with E-state index in [4.69, 9.17) is 19.9 Å². The quantitative estimate of drug-likeness (QED) is 0.362. The van der Waals surface area contributed by atoms with E-state index in [9.17, 15) is 4.79 Å². The molecule has 0 aliphatic rings. The monoisotopic (exact) mass is 419 g/mol. The molecule has 0 spiro atoms. The van der Waals surface area contributed by atoms with E-state index in [1.165, 1.54) is 6.08 Å². The first-order chi connectivity index (χ1) is 15.0. The van der Waals surface area contributed by atoms with Crippen LogP contribution >= 0.6 is 0 Å². The van der Waals surface area contributed by atoms with Gasteiger partial charge in [0.2, 0.25) is 11.7 Å². The van der Waals surface area contributed by atoms with E-state index in [1.54, 1.807) is 39.5 Å². The molecule has 7 nitrogen and oxygen atoms in total. The van der Waals surface area contributed by atoms with Gasteiger partial charge in [-0.15, -0.1) is 0 Å². The Morgan fingerprint density at radius 3 is 2.10 bits per heavy atom. The number of carbonyl (C=O) groups is 1. The summed E-state index contributed by atoms with van der Waals surface area (Å²) in [6.07, 6.45) is 3.20. The smallest absolute Gasteiger partial charge is 0.248 e. The highest BCUT2D eigenvalue weighted by molar-refractivity contribution is 6.03. The summed E-state index contributed by atoms with van der Waals surface area (Å²) in [5, 5.41) is 6.06. The van der Waals surface area contributed by atoms with Crippen LogP contribution in [0, 0.1) is 0 Å². The van der Waals surface area contributed by atoms with Gasteiger partial charge in [-0.2, -0.15) is 0 Å². The highest BCUT2D eigenvalue weighted by atomic mass is 16.5. The Balaban J connectivity index is 1.67. The lowest BCUT2D eigenvalue weighted by Crippen LogP contribution is -2.09. The predicted molar refractivity (Wildman–Crippen MR) is 124 cm³/mol. The Bertz CT molecular complexity index is 1050. The van der Waals surface area contributed by atoms with E-state index >= 15 is 0 Å². The maximum Gasteiger partial charge on any atom is 0.248 e. The van der Waals surface area contributed by atoms with E-state index in [2.05, 4.69) is 10.6 Å². The molecule has 7 heteroatoms. The predicted octanol–water partition coefficient (Wildman–Crippen LogP) is 4.69. The first kappa shape index (κ1) is 21.6. The fourth-order valence-electron chi connectivity index (χ4n) is 2.95. The van der Waals surface area contributed by atoms with E-state index in [0.717, 1.165) is 16.9 Å². The van der Waals surface area contributed by atoms with E-state index in [0.29, 0.717) is 28.6 Å². The summed E-state index contributed by atoms with van der Waals surface area (Å²) < 4.78 is 16.1. The average Bonchev–Trinajstić information content (AvgIpc) is 2.79. The Morgan fingerprint density at radius 2 is 1.52 bits per heavy atom. The van der Waals surface area contributed by atoms with Crippen molar-refractivity contribution in [3.8, 4) is 17.2 Å². The summed E-state index contributed by atoms with van der Waals surface area (Å²) in [7, 11) is 4.71. The second-order valence-corrected chi connectivity index (χ2v) is 6.57. The van der Waals surface area contributed by atoms with Gasteiger partial charge in [-0.05, 0) is 35.9 Å². The summed E-state index contributed by atoms with van der Waals surface area (Å²) in [5.41, 5.74) is 9.48. The van der Waals surface area contributed by atoms with Gasteiger partial charge in [-0.3, -0.25) is 4.79 Å². The molecule has 31 heavy (non-hydrogen) atoms. The maximum absolute atomic E-state index is 12.1. The van der Waals surface area contributed by atoms with Crippen molar-refractivity contribution >= 4 is 34.7 Å². The van der Waals surface area contributed by atoms with Crippen LogP contribution in [0.15, 0.2) is 66.7 Å². The summed E-state index contributed by atoms with van der Waals surface area (Å²) in [6, 6.07) is 18.4. The first-order valence-corrected chi connectivity index (χ1v) is 9.54. The number of methoxy groups -OCH3 is 3. The van der Waals surface area contributed by atoms with Crippen molar-refractivity contribution in [2.24, 2.45) is 0 Å².